The summed E-state index contributed by atoms with van der Waals surface area (Å²) in [5, 5.41) is 6.79. The standard InChI is InChI=1S/C12H14N4O2/c1-16(2)12-13-11(17)10(14-15-12)8-6-4-5-7-9(8)18-3/h4-7H,1-3H3,(H,13,15,17). The second-order valence-corrected chi connectivity index (χ2v) is 3.91. The quantitative estimate of drug-likeness (QED) is 0.871. The van der Waals surface area contributed by atoms with Gasteiger partial charge in [-0.25, -0.2) is 5.10 Å². The molecule has 6 heteroatoms. The van der Waals surface area contributed by atoms with Gasteiger partial charge in [0.05, 0.1) is 7.11 Å². The van der Waals surface area contributed by atoms with Crippen LogP contribution in [0.3, 0.4) is 0 Å². The van der Waals surface area contributed by atoms with E-state index in [1.807, 2.05) is 12.1 Å². The molecule has 1 aromatic carbocycles. The number of para-hydroxylation sites is 1. The van der Waals surface area contributed by atoms with Gasteiger partial charge in [0.2, 0.25) is 5.95 Å². The molecule has 0 saturated carbocycles. The molecule has 0 aliphatic heterocycles. The number of aromatic nitrogens is 3. The number of nitrogens with one attached hydrogen (secondary N) is 1. The predicted octanol–water partition coefficient (Wildman–Crippen LogP) is 0.906. The summed E-state index contributed by atoms with van der Waals surface area (Å²) in [5.41, 5.74) is 0.485. The van der Waals surface area contributed by atoms with Gasteiger partial charge in [-0.2, -0.15) is 10.1 Å². The summed E-state index contributed by atoms with van der Waals surface area (Å²) in [6.45, 7) is 0. The van der Waals surface area contributed by atoms with E-state index >= 15 is 0 Å². The van der Waals surface area contributed by atoms with Crippen molar-refractivity contribution in [1.29, 1.82) is 0 Å². The van der Waals surface area contributed by atoms with Crippen molar-refractivity contribution in [2.24, 2.45) is 0 Å². The third kappa shape index (κ3) is 2.17. The molecule has 0 bridgehead atoms. The zero-order valence-electron chi connectivity index (χ0n) is 10.5. The van der Waals surface area contributed by atoms with Crippen LogP contribution in [-0.4, -0.2) is 36.4 Å². The van der Waals surface area contributed by atoms with E-state index in [-0.39, 0.29) is 11.3 Å². The van der Waals surface area contributed by atoms with Crippen molar-refractivity contribution >= 4 is 5.95 Å². The lowest BCUT2D eigenvalue weighted by molar-refractivity contribution is 0.416. The molecule has 2 rings (SSSR count). The van der Waals surface area contributed by atoms with Gasteiger partial charge >= 0.3 is 5.56 Å². The molecule has 0 unspecified atom stereocenters. The lowest BCUT2D eigenvalue weighted by atomic mass is 10.1. The smallest absolute Gasteiger partial charge is 0.301 e. The Balaban J connectivity index is 2.55. The molecule has 0 aliphatic rings. The molecule has 0 fully saturated rings. The van der Waals surface area contributed by atoms with Gasteiger partial charge in [-0.1, -0.05) is 12.1 Å². The second-order valence-electron chi connectivity index (χ2n) is 3.91. The van der Waals surface area contributed by atoms with Crippen LogP contribution >= 0.6 is 0 Å². The first-order chi connectivity index (χ1) is 8.63. The fourth-order valence-electron chi connectivity index (χ4n) is 1.54. The molecule has 0 radical (unpaired) electrons. The van der Waals surface area contributed by atoms with E-state index in [0.29, 0.717) is 17.3 Å². The van der Waals surface area contributed by atoms with Gasteiger partial charge in [-0.3, -0.25) is 4.79 Å². The summed E-state index contributed by atoms with van der Waals surface area (Å²) in [6.07, 6.45) is 0. The van der Waals surface area contributed by atoms with E-state index in [4.69, 9.17) is 4.74 Å². The van der Waals surface area contributed by atoms with Crippen molar-refractivity contribution in [3.05, 3.63) is 34.6 Å². The van der Waals surface area contributed by atoms with Crippen LogP contribution in [0.4, 0.5) is 5.95 Å². The Morgan fingerprint density at radius 1 is 1.28 bits per heavy atom. The molecule has 0 aliphatic carbocycles. The van der Waals surface area contributed by atoms with E-state index in [0.717, 1.165) is 0 Å². The van der Waals surface area contributed by atoms with Crippen molar-refractivity contribution in [2.45, 2.75) is 0 Å². The summed E-state index contributed by atoms with van der Waals surface area (Å²) in [4.78, 5) is 17.5. The number of methoxy groups -OCH3 is 1. The minimum atomic E-state index is -0.387. The SMILES string of the molecule is COc1ccccc1-c1n[nH]c(N(C)C)nc1=O. The van der Waals surface area contributed by atoms with Crippen LogP contribution in [0.5, 0.6) is 5.75 Å². The van der Waals surface area contributed by atoms with Crippen molar-refractivity contribution in [1.82, 2.24) is 15.2 Å². The number of hydrogen-bond acceptors (Lipinski definition) is 5. The number of H-pyrrole nitrogens is 1. The molecule has 0 amide bonds. The second kappa shape index (κ2) is 4.87. The lowest BCUT2D eigenvalue weighted by Gasteiger charge is -2.10. The normalized spacial score (nSPS) is 10.2. The van der Waals surface area contributed by atoms with Crippen LogP contribution in [0.1, 0.15) is 0 Å². The Labute approximate surface area is 104 Å². The third-order valence-electron chi connectivity index (χ3n) is 2.46. The topological polar surface area (TPSA) is 71.1 Å². The molecule has 94 valence electrons. The number of benzene rings is 1. The number of anilines is 1. The van der Waals surface area contributed by atoms with E-state index in [2.05, 4.69) is 15.2 Å². The Morgan fingerprint density at radius 2 is 2.00 bits per heavy atom. The molecule has 18 heavy (non-hydrogen) atoms. The lowest BCUT2D eigenvalue weighted by Crippen LogP contribution is -2.21. The van der Waals surface area contributed by atoms with Gasteiger partial charge in [-0.05, 0) is 12.1 Å². The Morgan fingerprint density at radius 3 is 2.61 bits per heavy atom. The maximum atomic E-state index is 11.9. The number of nitrogens with zero attached hydrogens (tertiary/aromatic N) is 3. The maximum absolute atomic E-state index is 11.9. The van der Waals surface area contributed by atoms with Gasteiger partial charge in [0.15, 0.2) is 5.69 Å². The Hall–Kier alpha value is -2.37. The van der Waals surface area contributed by atoms with E-state index in [9.17, 15) is 4.79 Å². The zero-order valence-corrected chi connectivity index (χ0v) is 10.5. The van der Waals surface area contributed by atoms with Gasteiger partial charge < -0.3 is 9.64 Å². The fourth-order valence-corrected chi connectivity index (χ4v) is 1.54. The minimum Gasteiger partial charge on any atom is -0.496 e. The summed E-state index contributed by atoms with van der Waals surface area (Å²) in [7, 11) is 5.11. The maximum Gasteiger partial charge on any atom is 0.301 e. The molecule has 2 aromatic rings. The van der Waals surface area contributed by atoms with E-state index in [1.165, 1.54) is 0 Å². The molecule has 0 atom stereocenters. The van der Waals surface area contributed by atoms with E-state index < -0.39 is 0 Å². The highest BCUT2D eigenvalue weighted by atomic mass is 16.5. The highest BCUT2D eigenvalue weighted by Crippen LogP contribution is 2.25. The Bertz CT molecular complexity index is 607. The first-order valence-corrected chi connectivity index (χ1v) is 5.41. The van der Waals surface area contributed by atoms with Crippen molar-refractivity contribution in [3.63, 3.8) is 0 Å². The summed E-state index contributed by atoms with van der Waals surface area (Å²) in [5.74, 6) is 1.01. The fraction of sp³-hybridized carbons (Fsp3) is 0.250. The third-order valence-corrected chi connectivity index (χ3v) is 2.46. The monoisotopic (exact) mass is 246 g/mol. The van der Waals surface area contributed by atoms with Crippen LogP contribution in [-0.2, 0) is 0 Å². The Kier molecular flexibility index (Phi) is 3.27. The average Bonchev–Trinajstić information content (AvgIpc) is 2.38. The minimum absolute atomic E-state index is 0.248. The van der Waals surface area contributed by atoms with Crippen LogP contribution in [0.25, 0.3) is 11.3 Å². The molecule has 0 saturated heterocycles. The van der Waals surface area contributed by atoms with E-state index in [1.54, 1.807) is 38.2 Å². The molecule has 6 nitrogen and oxygen atoms in total. The van der Waals surface area contributed by atoms with Gasteiger partial charge in [0.25, 0.3) is 0 Å². The predicted molar refractivity (Wildman–Crippen MR) is 69.0 cm³/mol. The molecular formula is C12H14N4O2. The summed E-state index contributed by atoms with van der Waals surface area (Å²) >= 11 is 0. The molecule has 1 N–H and O–H groups in total. The van der Waals surface area contributed by atoms with Crippen LogP contribution in [0.2, 0.25) is 0 Å². The largest absolute Gasteiger partial charge is 0.496 e. The number of hydrogen-bond donors (Lipinski definition) is 1. The number of rotatable bonds is 3. The van der Waals surface area contributed by atoms with Gasteiger partial charge in [-0.15, -0.1) is 0 Å². The number of ether oxygens (including phenoxy) is 1. The number of aromatic amines is 1. The van der Waals surface area contributed by atoms with Crippen LogP contribution in [0, 0.1) is 0 Å². The van der Waals surface area contributed by atoms with Gasteiger partial charge in [0.1, 0.15) is 5.75 Å². The summed E-state index contributed by atoms with van der Waals surface area (Å²) < 4.78 is 5.20. The zero-order chi connectivity index (χ0) is 13.1. The molecule has 1 aromatic heterocycles. The first kappa shape index (κ1) is 12.1. The van der Waals surface area contributed by atoms with Crippen molar-refractivity contribution in [2.75, 3.05) is 26.1 Å². The molecule has 0 spiro atoms. The highest BCUT2D eigenvalue weighted by molar-refractivity contribution is 5.66. The van der Waals surface area contributed by atoms with Gasteiger partial charge in [0, 0.05) is 19.7 Å². The van der Waals surface area contributed by atoms with Crippen LogP contribution in [0.15, 0.2) is 29.1 Å². The van der Waals surface area contributed by atoms with Crippen LogP contribution < -0.4 is 15.2 Å². The summed E-state index contributed by atoms with van der Waals surface area (Å²) in [6, 6.07) is 7.20. The average molecular weight is 246 g/mol. The first-order valence-electron chi connectivity index (χ1n) is 5.41. The van der Waals surface area contributed by atoms with Crippen molar-refractivity contribution in [3.8, 4) is 17.0 Å². The molecule has 1 heterocycles. The van der Waals surface area contributed by atoms with Crippen molar-refractivity contribution < 1.29 is 4.74 Å². The molecular weight excluding hydrogens is 232 g/mol. The highest BCUT2D eigenvalue weighted by Gasteiger charge is 2.12.